The van der Waals surface area contributed by atoms with Crippen LogP contribution in [0.3, 0.4) is 0 Å². The fraction of sp³-hybridized carbons (Fsp3) is 0.750. The molecule has 0 aliphatic rings. The van der Waals surface area contributed by atoms with Crippen LogP contribution in [0.15, 0.2) is 0 Å². The van der Waals surface area contributed by atoms with Gasteiger partial charge in [-0.1, -0.05) is 6.92 Å². The highest BCUT2D eigenvalue weighted by Gasteiger charge is 2.15. The maximum Gasteiger partial charge on any atom is 0.321 e. The molecule has 0 radical (unpaired) electrons. The van der Waals surface area contributed by atoms with E-state index >= 15 is 0 Å². The van der Waals surface area contributed by atoms with E-state index in [4.69, 9.17) is 9.84 Å². The molecule has 3 amide bonds. The van der Waals surface area contributed by atoms with Gasteiger partial charge in [0.15, 0.2) is 0 Å². The number of carboxylic acid groups (broad SMARTS) is 1. The Labute approximate surface area is 112 Å². The molecule has 0 saturated carbocycles. The molecule has 19 heavy (non-hydrogen) atoms. The molecular formula is C12H22N2O5. The summed E-state index contributed by atoms with van der Waals surface area (Å²) in [6.07, 6.45) is -0.102. The van der Waals surface area contributed by atoms with E-state index in [0.29, 0.717) is 13.2 Å². The van der Waals surface area contributed by atoms with E-state index in [1.165, 1.54) is 0 Å². The van der Waals surface area contributed by atoms with Crippen molar-refractivity contribution in [3.8, 4) is 0 Å². The van der Waals surface area contributed by atoms with Gasteiger partial charge in [-0.2, -0.15) is 0 Å². The fourth-order valence-electron chi connectivity index (χ4n) is 1.46. The Morgan fingerprint density at radius 3 is 2.37 bits per heavy atom. The summed E-state index contributed by atoms with van der Waals surface area (Å²) in [5, 5.41) is 13.3. The number of hydrogen-bond donors (Lipinski definition) is 3. The number of carbonyl (C=O) groups is 3. The molecule has 7 heteroatoms. The van der Waals surface area contributed by atoms with Crippen LogP contribution in [0, 0.1) is 5.92 Å². The van der Waals surface area contributed by atoms with Crippen LogP contribution < -0.4 is 10.6 Å². The molecule has 0 aliphatic carbocycles. The Bertz CT molecular complexity index is 319. The lowest BCUT2D eigenvalue weighted by Crippen LogP contribution is -2.45. The number of urea groups is 1. The van der Waals surface area contributed by atoms with Gasteiger partial charge >= 0.3 is 12.0 Å². The molecule has 2 unspecified atom stereocenters. The zero-order chi connectivity index (χ0) is 14.8. The lowest BCUT2D eigenvalue weighted by atomic mass is 10.0. The Kier molecular flexibility index (Phi) is 8.52. The van der Waals surface area contributed by atoms with Crippen molar-refractivity contribution < 1.29 is 24.2 Å². The molecule has 110 valence electrons. The zero-order valence-electron chi connectivity index (χ0n) is 11.6. The van der Waals surface area contributed by atoms with Gasteiger partial charge in [0.2, 0.25) is 5.91 Å². The van der Waals surface area contributed by atoms with Crippen LogP contribution >= 0.6 is 0 Å². The van der Waals surface area contributed by atoms with Gasteiger partial charge in [0.25, 0.3) is 0 Å². The number of nitrogens with one attached hydrogen (secondary N) is 2. The first-order valence-corrected chi connectivity index (χ1v) is 6.25. The summed E-state index contributed by atoms with van der Waals surface area (Å²) in [7, 11) is 0. The second-order valence-corrected chi connectivity index (χ2v) is 4.49. The number of rotatable bonds is 8. The van der Waals surface area contributed by atoms with Gasteiger partial charge in [-0.25, -0.2) is 4.79 Å². The van der Waals surface area contributed by atoms with Crippen LogP contribution in [-0.2, 0) is 14.3 Å². The minimum atomic E-state index is -0.963. The van der Waals surface area contributed by atoms with Crippen molar-refractivity contribution in [3.63, 3.8) is 0 Å². The minimum Gasteiger partial charge on any atom is -0.481 e. The van der Waals surface area contributed by atoms with E-state index in [0.717, 1.165) is 0 Å². The smallest absolute Gasteiger partial charge is 0.321 e. The molecule has 3 N–H and O–H groups in total. The molecule has 7 nitrogen and oxygen atoms in total. The molecule has 0 aromatic heterocycles. The van der Waals surface area contributed by atoms with E-state index in [2.05, 4.69) is 10.6 Å². The van der Waals surface area contributed by atoms with Crippen molar-refractivity contribution >= 4 is 17.9 Å². The van der Waals surface area contributed by atoms with Crippen molar-refractivity contribution in [1.29, 1.82) is 0 Å². The number of aliphatic carboxylic acids is 1. The largest absolute Gasteiger partial charge is 0.481 e. The van der Waals surface area contributed by atoms with Crippen LogP contribution in [0.25, 0.3) is 0 Å². The number of hydrogen-bond acceptors (Lipinski definition) is 4. The minimum absolute atomic E-state index is 0.000436. The average molecular weight is 274 g/mol. The third-order valence-corrected chi connectivity index (χ3v) is 2.26. The van der Waals surface area contributed by atoms with Gasteiger partial charge < -0.3 is 15.2 Å². The molecule has 0 aliphatic heterocycles. The van der Waals surface area contributed by atoms with E-state index in [1.807, 2.05) is 6.92 Å². The monoisotopic (exact) mass is 274 g/mol. The third-order valence-electron chi connectivity index (χ3n) is 2.26. The highest BCUT2D eigenvalue weighted by molar-refractivity contribution is 5.94. The highest BCUT2D eigenvalue weighted by atomic mass is 16.5. The van der Waals surface area contributed by atoms with Gasteiger partial charge in [-0.05, 0) is 19.8 Å². The Hall–Kier alpha value is -1.63. The number of carbonyl (C=O) groups excluding carboxylic acids is 2. The third kappa shape index (κ3) is 10.0. The summed E-state index contributed by atoms with van der Waals surface area (Å²) >= 11 is 0. The molecule has 0 spiro atoms. The summed E-state index contributed by atoms with van der Waals surface area (Å²) in [5.41, 5.74) is 0. The molecule has 0 rings (SSSR count). The Morgan fingerprint density at radius 2 is 1.84 bits per heavy atom. The van der Waals surface area contributed by atoms with Crippen LogP contribution in [0.2, 0.25) is 0 Å². The van der Waals surface area contributed by atoms with Crippen molar-refractivity contribution in [1.82, 2.24) is 10.6 Å². The Balaban J connectivity index is 3.92. The summed E-state index contributed by atoms with van der Waals surface area (Å²) in [6, 6.07) is -0.802. The van der Waals surface area contributed by atoms with Gasteiger partial charge in [-0.3, -0.25) is 14.9 Å². The Morgan fingerprint density at radius 1 is 1.21 bits per heavy atom. The van der Waals surface area contributed by atoms with E-state index < -0.39 is 17.9 Å². The number of imide groups is 1. The van der Waals surface area contributed by atoms with Crippen molar-refractivity contribution in [2.75, 3.05) is 13.2 Å². The van der Waals surface area contributed by atoms with Crippen molar-refractivity contribution in [3.05, 3.63) is 0 Å². The molecule has 2 atom stereocenters. The first-order chi connectivity index (χ1) is 8.85. The predicted molar refractivity (Wildman–Crippen MR) is 68.7 cm³/mol. The lowest BCUT2D eigenvalue weighted by Gasteiger charge is -2.14. The normalized spacial score (nSPS) is 13.4. The molecule has 0 aromatic rings. The molecular weight excluding hydrogens is 252 g/mol. The number of amides is 3. The number of carboxylic acids is 1. The molecule has 0 bridgehead atoms. The van der Waals surface area contributed by atoms with Gasteiger partial charge in [0.1, 0.15) is 0 Å². The van der Waals surface area contributed by atoms with E-state index in [1.54, 1.807) is 13.8 Å². The van der Waals surface area contributed by atoms with Crippen LogP contribution in [0.1, 0.15) is 33.6 Å². The number of ether oxygens (including phenoxy) is 1. The second-order valence-electron chi connectivity index (χ2n) is 4.49. The van der Waals surface area contributed by atoms with E-state index in [-0.39, 0.29) is 24.8 Å². The second kappa shape index (κ2) is 9.32. The van der Waals surface area contributed by atoms with Crippen molar-refractivity contribution in [2.24, 2.45) is 5.92 Å². The van der Waals surface area contributed by atoms with Crippen LogP contribution in [0.5, 0.6) is 0 Å². The highest BCUT2D eigenvalue weighted by Crippen LogP contribution is 2.06. The molecule has 0 aromatic carbocycles. The molecule has 0 saturated heterocycles. The predicted octanol–water partition coefficient (Wildman–Crippen LogP) is 0.738. The summed E-state index contributed by atoms with van der Waals surface area (Å²) < 4.78 is 5.12. The molecule has 0 fully saturated rings. The summed E-state index contributed by atoms with van der Waals surface area (Å²) in [4.78, 5) is 33.3. The van der Waals surface area contributed by atoms with Crippen LogP contribution in [0.4, 0.5) is 4.79 Å². The van der Waals surface area contributed by atoms with Gasteiger partial charge in [0, 0.05) is 19.4 Å². The quantitative estimate of drug-likeness (QED) is 0.605. The SMILES string of the molecule is CCOCC(C)NC(=O)NC(=O)CC(C)CC(=O)O. The van der Waals surface area contributed by atoms with E-state index in [9.17, 15) is 14.4 Å². The van der Waals surface area contributed by atoms with Crippen LogP contribution in [-0.4, -0.2) is 42.3 Å². The van der Waals surface area contributed by atoms with Gasteiger partial charge in [0.05, 0.1) is 12.6 Å². The standard InChI is InChI=1S/C12H22N2O5/c1-4-19-7-9(3)13-12(18)14-10(15)5-8(2)6-11(16)17/h8-9H,4-7H2,1-3H3,(H,16,17)(H2,13,14,15,18). The van der Waals surface area contributed by atoms with Gasteiger partial charge in [-0.15, -0.1) is 0 Å². The fourth-order valence-corrected chi connectivity index (χ4v) is 1.46. The maximum atomic E-state index is 11.4. The zero-order valence-corrected chi connectivity index (χ0v) is 11.6. The first-order valence-electron chi connectivity index (χ1n) is 6.25. The topological polar surface area (TPSA) is 105 Å². The summed E-state index contributed by atoms with van der Waals surface area (Å²) in [6.45, 7) is 6.17. The maximum absolute atomic E-state index is 11.4. The first kappa shape index (κ1) is 17.4. The molecule has 0 heterocycles. The summed E-state index contributed by atoms with van der Waals surface area (Å²) in [5.74, 6) is -1.77. The average Bonchev–Trinajstić information content (AvgIpc) is 2.24. The lowest BCUT2D eigenvalue weighted by molar-refractivity contribution is -0.138. The van der Waals surface area contributed by atoms with Crippen molar-refractivity contribution in [2.45, 2.75) is 39.7 Å².